The van der Waals surface area contributed by atoms with Crippen LogP contribution in [0.1, 0.15) is 36.0 Å². The molecule has 0 aliphatic heterocycles. The number of benzene rings is 1. The van der Waals surface area contributed by atoms with Gasteiger partial charge in [-0.1, -0.05) is 6.42 Å². The maximum Gasteiger partial charge on any atom is 0.303 e. The predicted octanol–water partition coefficient (Wildman–Crippen LogP) is 2.48. The van der Waals surface area contributed by atoms with E-state index in [1.54, 1.807) is 0 Å². The number of carbonyl (C=O) groups is 2. The Morgan fingerprint density at radius 3 is 2.19 bits per heavy atom. The van der Waals surface area contributed by atoms with Crippen molar-refractivity contribution in [2.24, 2.45) is 5.41 Å². The van der Waals surface area contributed by atoms with Crippen LogP contribution < -0.4 is 5.32 Å². The number of aliphatic carboxylic acids is 1. The molecular weight excluding hydrogens is 287 g/mol. The number of hydrogen-bond donors (Lipinski definition) is 2. The van der Waals surface area contributed by atoms with Gasteiger partial charge in [-0.2, -0.15) is 0 Å². The molecule has 1 saturated carbocycles. The largest absolute Gasteiger partial charge is 0.481 e. The minimum Gasteiger partial charge on any atom is -0.481 e. The van der Waals surface area contributed by atoms with Crippen LogP contribution in [0.25, 0.3) is 0 Å². The first-order chi connectivity index (χ1) is 9.83. The normalized spacial score (nSPS) is 16.1. The third-order valence-corrected chi connectivity index (χ3v) is 3.80. The monoisotopic (exact) mass is 301 g/mol. The Kier molecular flexibility index (Phi) is 4.20. The average Bonchev–Trinajstić information content (AvgIpc) is 2.30. The number of rotatable bonds is 5. The van der Waals surface area contributed by atoms with Gasteiger partial charge >= 0.3 is 5.97 Å². The van der Waals surface area contributed by atoms with Crippen LogP contribution in [0.4, 0.5) is 13.2 Å². The number of carbonyl (C=O) groups excluding carboxylic acids is 1. The molecule has 4 nitrogen and oxygen atoms in total. The van der Waals surface area contributed by atoms with Crippen molar-refractivity contribution in [3.05, 3.63) is 35.1 Å². The van der Waals surface area contributed by atoms with Gasteiger partial charge < -0.3 is 10.4 Å². The molecule has 1 amide bonds. The van der Waals surface area contributed by atoms with E-state index < -0.39 is 40.3 Å². The van der Waals surface area contributed by atoms with E-state index >= 15 is 0 Å². The zero-order valence-corrected chi connectivity index (χ0v) is 11.1. The van der Waals surface area contributed by atoms with Crippen LogP contribution in [0.3, 0.4) is 0 Å². The first-order valence-corrected chi connectivity index (χ1v) is 6.47. The first-order valence-electron chi connectivity index (χ1n) is 6.47. The fraction of sp³-hybridized carbons (Fsp3) is 0.429. The zero-order valence-electron chi connectivity index (χ0n) is 11.1. The molecule has 1 aromatic rings. The molecule has 7 heteroatoms. The van der Waals surface area contributed by atoms with Crippen molar-refractivity contribution in [1.29, 1.82) is 0 Å². The molecule has 2 rings (SSSR count). The standard InChI is InChI=1S/C14H14F3NO3/c15-8-4-9(16)12(10(17)5-8)13(21)18-7-14(2-1-3-14)6-11(19)20/h4-5H,1-3,6-7H2,(H,18,21)(H,19,20). The molecule has 114 valence electrons. The minimum absolute atomic E-state index is 0.0222. The summed E-state index contributed by atoms with van der Waals surface area (Å²) in [7, 11) is 0. The molecule has 1 aliphatic rings. The second-order valence-corrected chi connectivity index (χ2v) is 5.35. The van der Waals surface area contributed by atoms with Crippen molar-refractivity contribution in [2.75, 3.05) is 6.54 Å². The fourth-order valence-electron chi connectivity index (χ4n) is 2.53. The van der Waals surface area contributed by atoms with Gasteiger partial charge in [-0.15, -0.1) is 0 Å². The van der Waals surface area contributed by atoms with Gasteiger partial charge in [0.05, 0.1) is 6.42 Å². The van der Waals surface area contributed by atoms with Crippen LogP contribution in [0, 0.1) is 22.9 Å². The molecule has 0 bridgehead atoms. The number of amides is 1. The smallest absolute Gasteiger partial charge is 0.303 e. The van der Waals surface area contributed by atoms with Crippen molar-refractivity contribution in [3.63, 3.8) is 0 Å². The number of halogens is 3. The Bertz CT molecular complexity index is 562. The first kappa shape index (κ1) is 15.3. The summed E-state index contributed by atoms with van der Waals surface area (Å²) in [6.45, 7) is 0.0222. The summed E-state index contributed by atoms with van der Waals surface area (Å²) in [6, 6.07) is 0.850. The minimum atomic E-state index is -1.29. The van der Waals surface area contributed by atoms with Gasteiger partial charge in [0.2, 0.25) is 0 Å². The number of nitrogens with one attached hydrogen (secondary N) is 1. The van der Waals surface area contributed by atoms with E-state index in [1.807, 2.05) is 0 Å². The second kappa shape index (κ2) is 5.75. The van der Waals surface area contributed by atoms with Crippen LogP contribution in [0.2, 0.25) is 0 Å². The molecule has 0 unspecified atom stereocenters. The van der Waals surface area contributed by atoms with Gasteiger partial charge in [-0.05, 0) is 18.3 Å². The van der Waals surface area contributed by atoms with Gasteiger partial charge in [0.15, 0.2) is 0 Å². The molecular formula is C14H14F3NO3. The molecule has 0 aromatic heterocycles. The molecule has 0 spiro atoms. The van der Waals surface area contributed by atoms with E-state index in [2.05, 4.69) is 5.32 Å². The fourth-order valence-corrected chi connectivity index (χ4v) is 2.53. The highest BCUT2D eigenvalue weighted by Gasteiger charge is 2.39. The van der Waals surface area contributed by atoms with Crippen molar-refractivity contribution in [1.82, 2.24) is 5.32 Å². The Balaban J connectivity index is 2.07. The SMILES string of the molecule is O=C(O)CC1(CNC(=O)c2c(F)cc(F)cc2F)CCC1. The Hall–Kier alpha value is -2.05. The maximum absolute atomic E-state index is 13.5. The lowest BCUT2D eigenvalue weighted by molar-refractivity contribution is -0.141. The van der Waals surface area contributed by atoms with E-state index in [0.717, 1.165) is 6.42 Å². The maximum atomic E-state index is 13.5. The van der Waals surface area contributed by atoms with Crippen LogP contribution in [0.15, 0.2) is 12.1 Å². The number of carboxylic acids is 1. The third kappa shape index (κ3) is 3.34. The topological polar surface area (TPSA) is 66.4 Å². The van der Waals surface area contributed by atoms with Gasteiger partial charge in [-0.25, -0.2) is 13.2 Å². The highest BCUT2D eigenvalue weighted by atomic mass is 19.1. The van der Waals surface area contributed by atoms with E-state index in [1.165, 1.54) is 0 Å². The molecule has 1 aromatic carbocycles. The summed E-state index contributed by atoms with van der Waals surface area (Å²) in [5, 5.41) is 11.2. The lowest BCUT2D eigenvalue weighted by atomic mass is 9.66. The van der Waals surface area contributed by atoms with Crippen molar-refractivity contribution in [3.8, 4) is 0 Å². The Morgan fingerprint density at radius 1 is 1.19 bits per heavy atom. The molecule has 21 heavy (non-hydrogen) atoms. The zero-order chi connectivity index (χ0) is 15.6. The van der Waals surface area contributed by atoms with Crippen molar-refractivity contribution < 1.29 is 27.9 Å². The van der Waals surface area contributed by atoms with Gasteiger partial charge in [-0.3, -0.25) is 9.59 Å². The summed E-state index contributed by atoms with van der Waals surface area (Å²) >= 11 is 0. The quantitative estimate of drug-likeness (QED) is 0.878. The summed E-state index contributed by atoms with van der Waals surface area (Å²) in [5.41, 5.74) is -1.42. The summed E-state index contributed by atoms with van der Waals surface area (Å²) in [5.74, 6) is -5.68. The van der Waals surface area contributed by atoms with Crippen LogP contribution in [-0.4, -0.2) is 23.5 Å². The molecule has 1 aliphatic carbocycles. The molecule has 0 atom stereocenters. The van der Waals surface area contributed by atoms with Crippen LogP contribution in [-0.2, 0) is 4.79 Å². The summed E-state index contributed by atoms with van der Waals surface area (Å²) in [6.07, 6.45) is 2.01. The second-order valence-electron chi connectivity index (χ2n) is 5.35. The Labute approximate surface area is 119 Å². The van der Waals surface area contributed by atoms with Gasteiger partial charge in [0.25, 0.3) is 5.91 Å². The molecule has 1 fully saturated rings. The molecule has 0 heterocycles. The number of carboxylic acid groups (broad SMARTS) is 1. The van der Waals surface area contributed by atoms with Crippen molar-refractivity contribution in [2.45, 2.75) is 25.7 Å². The highest BCUT2D eigenvalue weighted by molar-refractivity contribution is 5.94. The van der Waals surface area contributed by atoms with Crippen LogP contribution in [0.5, 0.6) is 0 Å². The molecule has 0 saturated heterocycles. The lowest BCUT2D eigenvalue weighted by Crippen LogP contribution is -2.43. The summed E-state index contributed by atoms with van der Waals surface area (Å²) < 4.78 is 39.7. The van der Waals surface area contributed by atoms with E-state index in [4.69, 9.17) is 5.11 Å². The van der Waals surface area contributed by atoms with Crippen molar-refractivity contribution >= 4 is 11.9 Å². The average molecular weight is 301 g/mol. The lowest BCUT2D eigenvalue weighted by Gasteiger charge is -2.40. The van der Waals surface area contributed by atoms with E-state index in [0.29, 0.717) is 25.0 Å². The molecule has 2 N–H and O–H groups in total. The third-order valence-electron chi connectivity index (χ3n) is 3.80. The number of hydrogen-bond acceptors (Lipinski definition) is 2. The Morgan fingerprint density at radius 2 is 1.76 bits per heavy atom. The molecule has 0 radical (unpaired) electrons. The van der Waals surface area contributed by atoms with E-state index in [-0.39, 0.29) is 13.0 Å². The summed E-state index contributed by atoms with van der Waals surface area (Å²) in [4.78, 5) is 22.6. The predicted molar refractivity (Wildman–Crippen MR) is 67.2 cm³/mol. The van der Waals surface area contributed by atoms with E-state index in [9.17, 15) is 22.8 Å². The van der Waals surface area contributed by atoms with Gasteiger partial charge in [0, 0.05) is 18.7 Å². The van der Waals surface area contributed by atoms with Gasteiger partial charge in [0.1, 0.15) is 23.0 Å². The van der Waals surface area contributed by atoms with Crippen LogP contribution >= 0.6 is 0 Å². The highest BCUT2D eigenvalue weighted by Crippen LogP contribution is 2.43.